The summed E-state index contributed by atoms with van der Waals surface area (Å²) in [5.41, 5.74) is 0.133. The lowest BCUT2D eigenvalue weighted by Crippen LogP contribution is -2.47. The Labute approximate surface area is 151 Å². The zero-order valence-corrected chi connectivity index (χ0v) is 15.2. The number of amides is 1. The molecule has 0 saturated carbocycles. The quantitative estimate of drug-likeness (QED) is 0.760. The molecular weight excluding hydrogens is 338 g/mol. The van der Waals surface area contributed by atoms with Crippen LogP contribution in [0.4, 0.5) is 5.69 Å². The summed E-state index contributed by atoms with van der Waals surface area (Å²) in [7, 11) is 4.39. The second kappa shape index (κ2) is 6.48. The number of hydrogen-bond acceptors (Lipinski definition) is 6. The minimum Gasteiger partial charge on any atom is -0.496 e. The lowest BCUT2D eigenvalue weighted by atomic mass is 9.70. The number of fused-ring (bicyclic) bond motifs is 2. The summed E-state index contributed by atoms with van der Waals surface area (Å²) in [4.78, 5) is 39.9. The molecule has 1 aliphatic carbocycles. The topological polar surface area (TPSA) is 82.1 Å². The lowest BCUT2D eigenvalue weighted by Gasteiger charge is -2.30. The Morgan fingerprint density at radius 3 is 2.65 bits per heavy atom. The number of methoxy groups -OCH3 is 2. The summed E-state index contributed by atoms with van der Waals surface area (Å²) >= 11 is 0. The molecule has 3 rings (SSSR count). The highest BCUT2D eigenvalue weighted by molar-refractivity contribution is 6.14. The van der Waals surface area contributed by atoms with Crippen LogP contribution in [-0.4, -0.2) is 45.7 Å². The normalized spacial score (nSPS) is 23.7. The molecule has 2 aliphatic rings. The average Bonchev–Trinajstić information content (AvgIpc) is 3.15. The third-order valence-corrected chi connectivity index (χ3v) is 5.11. The summed E-state index contributed by atoms with van der Waals surface area (Å²) in [5.74, 6) is -2.13. The molecule has 0 unspecified atom stereocenters. The van der Waals surface area contributed by atoms with Crippen molar-refractivity contribution in [1.82, 2.24) is 0 Å². The van der Waals surface area contributed by atoms with Crippen LogP contribution in [0.15, 0.2) is 29.8 Å². The van der Waals surface area contributed by atoms with E-state index in [1.165, 1.54) is 19.1 Å². The fraction of sp³-hybridized carbons (Fsp3) is 0.421. The van der Waals surface area contributed by atoms with E-state index >= 15 is 0 Å². The van der Waals surface area contributed by atoms with Gasteiger partial charge in [0.2, 0.25) is 5.91 Å². The Kier molecular flexibility index (Phi) is 4.48. The van der Waals surface area contributed by atoms with Crippen molar-refractivity contribution in [3.8, 4) is 5.75 Å². The molecule has 7 heteroatoms. The van der Waals surface area contributed by atoms with Gasteiger partial charge in [0.05, 0.1) is 26.5 Å². The van der Waals surface area contributed by atoms with Crippen LogP contribution >= 0.6 is 0 Å². The van der Waals surface area contributed by atoms with Gasteiger partial charge in [-0.2, -0.15) is 0 Å². The first-order chi connectivity index (χ1) is 12.4. The SMILES string of the molecule is CCOC(=O)C1=CC[C@]2(C(=O)N(C)c3cccc(OC)c32)[C@@H]1C(=O)OC. The maximum atomic E-state index is 13.3. The first-order valence-corrected chi connectivity index (χ1v) is 8.34. The van der Waals surface area contributed by atoms with Gasteiger partial charge in [-0.15, -0.1) is 0 Å². The van der Waals surface area contributed by atoms with Gasteiger partial charge in [-0.25, -0.2) is 4.79 Å². The summed E-state index contributed by atoms with van der Waals surface area (Å²) < 4.78 is 15.5. The van der Waals surface area contributed by atoms with E-state index in [-0.39, 0.29) is 24.5 Å². The predicted octanol–water partition coefficient (Wildman–Crippen LogP) is 1.59. The van der Waals surface area contributed by atoms with Crippen molar-refractivity contribution >= 4 is 23.5 Å². The number of benzene rings is 1. The van der Waals surface area contributed by atoms with Gasteiger partial charge in [0, 0.05) is 18.2 Å². The number of hydrogen-bond donors (Lipinski definition) is 0. The Bertz CT molecular complexity index is 814. The van der Waals surface area contributed by atoms with E-state index < -0.39 is 23.3 Å². The number of anilines is 1. The van der Waals surface area contributed by atoms with Crippen molar-refractivity contribution in [2.24, 2.45) is 5.92 Å². The highest BCUT2D eigenvalue weighted by Gasteiger charge is 2.63. The molecule has 0 fully saturated rings. The Morgan fingerprint density at radius 2 is 2.04 bits per heavy atom. The Balaban J connectivity index is 2.23. The first kappa shape index (κ1) is 18.0. The third kappa shape index (κ3) is 2.23. The largest absolute Gasteiger partial charge is 0.496 e. The van der Waals surface area contributed by atoms with Crippen LogP contribution in [0.3, 0.4) is 0 Å². The molecule has 1 spiro atoms. The highest BCUT2D eigenvalue weighted by Crippen LogP contribution is 2.57. The molecule has 0 N–H and O–H groups in total. The minimum atomic E-state index is -1.27. The molecule has 1 heterocycles. The van der Waals surface area contributed by atoms with E-state index in [2.05, 4.69) is 0 Å². The van der Waals surface area contributed by atoms with Gasteiger partial charge in [-0.05, 0) is 25.5 Å². The number of carbonyl (C=O) groups is 3. The van der Waals surface area contributed by atoms with E-state index in [0.29, 0.717) is 17.0 Å². The summed E-state index contributed by atoms with van der Waals surface area (Å²) in [6, 6.07) is 5.31. The lowest BCUT2D eigenvalue weighted by molar-refractivity contribution is -0.151. The van der Waals surface area contributed by atoms with Crippen LogP contribution in [0.5, 0.6) is 5.75 Å². The van der Waals surface area contributed by atoms with E-state index in [1.54, 1.807) is 38.2 Å². The number of likely N-dealkylation sites (N-methyl/N-ethyl adjacent to an activating group) is 1. The van der Waals surface area contributed by atoms with E-state index in [9.17, 15) is 14.4 Å². The standard InChI is InChI=1S/C19H21NO6/c1-5-26-16(21)11-9-10-19(14(11)17(22)25-4)15-12(20(2)18(19)23)7-6-8-13(15)24-3/h6-9,14H,5,10H2,1-4H3/t14-,19-/m0/s1. The number of esters is 2. The highest BCUT2D eigenvalue weighted by atomic mass is 16.5. The molecule has 0 radical (unpaired) electrons. The molecule has 7 nitrogen and oxygen atoms in total. The number of carbonyl (C=O) groups excluding carboxylic acids is 3. The fourth-order valence-electron chi connectivity index (χ4n) is 4.02. The maximum Gasteiger partial charge on any atom is 0.334 e. The van der Waals surface area contributed by atoms with Crippen LogP contribution in [-0.2, 0) is 29.3 Å². The number of allylic oxidation sites excluding steroid dienone is 1. The summed E-state index contributed by atoms with van der Waals surface area (Å²) in [6.07, 6.45) is 1.80. The molecule has 26 heavy (non-hydrogen) atoms. The van der Waals surface area contributed by atoms with Crippen molar-refractivity contribution in [1.29, 1.82) is 0 Å². The van der Waals surface area contributed by atoms with E-state index in [1.807, 2.05) is 0 Å². The predicted molar refractivity (Wildman–Crippen MR) is 92.9 cm³/mol. The van der Waals surface area contributed by atoms with Gasteiger partial charge < -0.3 is 19.1 Å². The molecule has 1 aromatic rings. The van der Waals surface area contributed by atoms with E-state index in [4.69, 9.17) is 14.2 Å². The summed E-state index contributed by atoms with van der Waals surface area (Å²) in [6.45, 7) is 1.86. The van der Waals surface area contributed by atoms with Gasteiger partial charge in [0.1, 0.15) is 17.1 Å². The van der Waals surface area contributed by atoms with Gasteiger partial charge in [0.25, 0.3) is 0 Å². The Morgan fingerprint density at radius 1 is 1.31 bits per heavy atom. The smallest absolute Gasteiger partial charge is 0.334 e. The third-order valence-electron chi connectivity index (χ3n) is 5.11. The molecule has 1 aliphatic heterocycles. The Hall–Kier alpha value is -2.83. The summed E-state index contributed by atoms with van der Waals surface area (Å²) in [5, 5.41) is 0. The first-order valence-electron chi connectivity index (χ1n) is 8.34. The van der Waals surface area contributed by atoms with Crippen LogP contribution in [0.25, 0.3) is 0 Å². The second-order valence-electron chi connectivity index (χ2n) is 6.23. The molecule has 1 aromatic carbocycles. The van der Waals surface area contributed by atoms with Crippen LogP contribution < -0.4 is 9.64 Å². The van der Waals surface area contributed by atoms with Gasteiger partial charge in [-0.1, -0.05) is 12.1 Å². The fourth-order valence-corrected chi connectivity index (χ4v) is 4.02. The van der Waals surface area contributed by atoms with Crippen molar-refractivity contribution in [2.75, 3.05) is 32.8 Å². The monoisotopic (exact) mass is 359 g/mol. The molecule has 138 valence electrons. The van der Waals surface area contributed by atoms with Crippen molar-refractivity contribution < 1.29 is 28.6 Å². The zero-order valence-electron chi connectivity index (χ0n) is 15.2. The van der Waals surface area contributed by atoms with E-state index in [0.717, 1.165) is 0 Å². The second-order valence-corrected chi connectivity index (χ2v) is 6.23. The number of ether oxygens (including phenoxy) is 3. The van der Waals surface area contributed by atoms with Crippen LogP contribution in [0, 0.1) is 5.92 Å². The van der Waals surface area contributed by atoms with Crippen LogP contribution in [0.2, 0.25) is 0 Å². The van der Waals surface area contributed by atoms with Crippen molar-refractivity contribution in [3.05, 3.63) is 35.4 Å². The van der Waals surface area contributed by atoms with Crippen molar-refractivity contribution in [3.63, 3.8) is 0 Å². The molecular formula is C19H21NO6. The average molecular weight is 359 g/mol. The van der Waals surface area contributed by atoms with Gasteiger partial charge in [-0.3, -0.25) is 9.59 Å². The molecule has 0 bridgehead atoms. The van der Waals surface area contributed by atoms with Gasteiger partial charge >= 0.3 is 11.9 Å². The number of nitrogens with zero attached hydrogens (tertiary/aromatic N) is 1. The minimum absolute atomic E-state index is 0.152. The van der Waals surface area contributed by atoms with Crippen LogP contribution in [0.1, 0.15) is 18.9 Å². The zero-order chi connectivity index (χ0) is 19.1. The molecule has 0 saturated heterocycles. The van der Waals surface area contributed by atoms with Gasteiger partial charge in [0.15, 0.2) is 0 Å². The molecule has 1 amide bonds. The maximum absolute atomic E-state index is 13.3. The molecule has 2 atom stereocenters. The van der Waals surface area contributed by atoms with Crippen molar-refractivity contribution in [2.45, 2.75) is 18.8 Å². The molecule has 0 aromatic heterocycles. The number of rotatable bonds is 4.